The summed E-state index contributed by atoms with van der Waals surface area (Å²) in [5, 5.41) is 0. The van der Waals surface area contributed by atoms with Gasteiger partial charge in [-0.05, 0) is 94.6 Å². The van der Waals surface area contributed by atoms with Crippen LogP contribution in [0.1, 0.15) is 76.3 Å². The number of hydrogen-bond donors (Lipinski definition) is 0. The first-order valence-electron chi connectivity index (χ1n) is 10.6. The van der Waals surface area contributed by atoms with Crippen LogP contribution in [0.3, 0.4) is 0 Å². The Morgan fingerprint density at radius 2 is 1.44 bits per heavy atom. The Morgan fingerprint density at radius 3 is 1.96 bits per heavy atom. The quantitative estimate of drug-likeness (QED) is 0.733. The zero-order valence-electron chi connectivity index (χ0n) is 16.9. The third-order valence-corrected chi connectivity index (χ3v) is 6.56. The van der Waals surface area contributed by atoms with Gasteiger partial charge in [0.25, 0.3) is 0 Å². The zero-order valence-corrected chi connectivity index (χ0v) is 16.9. The fourth-order valence-corrected chi connectivity index (χ4v) is 4.62. The third-order valence-electron chi connectivity index (χ3n) is 6.56. The molecule has 2 nitrogen and oxygen atoms in total. The highest BCUT2D eigenvalue weighted by atomic mass is 15.2. The van der Waals surface area contributed by atoms with Crippen molar-refractivity contribution in [2.24, 2.45) is 5.92 Å². The summed E-state index contributed by atoms with van der Waals surface area (Å²) >= 11 is 0. The van der Waals surface area contributed by atoms with Crippen molar-refractivity contribution in [3.63, 3.8) is 0 Å². The summed E-state index contributed by atoms with van der Waals surface area (Å²) < 4.78 is 0. The molecule has 2 heterocycles. The van der Waals surface area contributed by atoms with Gasteiger partial charge >= 0.3 is 0 Å². The van der Waals surface area contributed by atoms with Gasteiger partial charge in [0.15, 0.2) is 0 Å². The van der Waals surface area contributed by atoms with Crippen LogP contribution >= 0.6 is 0 Å². The standard InChI is InChI=1S/C23H38N2/c1-18(2)21-5-7-22(8-6-21)23-11-13-24(14-12-23)17-20-9-15-25(16-10-20)19(3)4/h5-8,18-20,23H,9-17H2,1-4H3. The normalized spacial score (nSPS) is 22.2. The average Bonchev–Trinajstić information content (AvgIpc) is 2.63. The van der Waals surface area contributed by atoms with Crippen LogP contribution in [0.5, 0.6) is 0 Å². The highest BCUT2D eigenvalue weighted by Gasteiger charge is 2.25. The molecule has 0 amide bonds. The van der Waals surface area contributed by atoms with Crippen LogP contribution in [0.25, 0.3) is 0 Å². The van der Waals surface area contributed by atoms with E-state index in [1.807, 2.05) is 0 Å². The molecule has 0 unspecified atom stereocenters. The Morgan fingerprint density at radius 1 is 0.840 bits per heavy atom. The van der Waals surface area contributed by atoms with E-state index in [-0.39, 0.29) is 0 Å². The minimum absolute atomic E-state index is 0.637. The van der Waals surface area contributed by atoms with Gasteiger partial charge in [-0.3, -0.25) is 0 Å². The van der Waals surface area contributed by atoms with E-state index in [2.05, 4.69) is 61.8 Å². The van der Waals surface area contributed by atoms with Gasteiger partial charge in [0, 0.05) is 12.6 Å². The Kier molecular flexibility index (Phi) is 6.57. The maximum atomic E-state index is 2.74. The first kappa shape index (κ1) is 18.9. The van der Waals surface area contributed by atoms with Gasteiger partial charge in [0.1, 0.15) is 0 Å². The molecule has 2 saturated heterocycles. The van der Waals surface area contributed by atoms with E-state index in [4.69, 9.17) is 0 Å². The second-order valence-corrected chi connectivity index (χ2v) is 8.97. The molecule has 25 heavy (non-hydrogen) atoms. The molecule has 0 saturated carbocycles. The molecule has 3 rings (SSSR count). The van der Waals surface area contributed by atoms with E-state index in [0.29, 0.717) is 5.92 Å². The van der Waals surface area contributed by atoms with Gasteiger partial charge in [-0.15, -0.1) is 0 Å². The van der Waals surface area contributed by atoms with Crippen LogP contribution in [-0.2, 0) is 0 Å². The molecule has 0 aromatic heterocycles. The van der Waals surface area contributed by atoms with E-state index >= 15 is 0 Å². The largest absolute Gasteiger partial charge is 0.303 e. The van der Waals surface area contributed by atoms with Crippen molar-refractivity contribution in [2.45, 2.75) is 71.3 Å². The fraction of sp³-hybridized carbons (Fsp3) is 0.739. The first-order chi connectivity index (χ1) is 12.0. The molecule has 0 spiro atoms. The summed E-state index contributed by atoms with van der Waals surface area (Å²) in [4.78, 5) is 5.39. The lowest BCUT2D eigenvalue weighted by atomic mass is 9.87. The molecular weight excluding hydrogens is 304 g/mol. The first-order valence-corrected chi connectivity index (χ1v) is 10.6. The Bertz CT molecular complexity index is 503. The molecule has 0 N–H and O–H groups in total. The van der Waals surface area contributed by atoms with Crippen LogP contribution in [0.4, 0.5) is 0 Å². The number of hydrogen-bond acceptors (Lipinski definition) is 2. The summed E-state index contributed by atoms with van der Waals surface area (Å²) in [5.74, 6) is 2.34. The Balaban J connectivity index is 1.43. The Hall–Kier alpha value is -0.860. The molecule has 2 aliphatic heterocycles. The lowest BCUT2D eigenvalue weighted by Crippen LogP contribution is -2.43. The lowest BCUT2D eigenvalue weighted by molar-refractivity contribution is 0.111. The molecule has 2 heteroatoms. The number of nitrogens with zero attached hydrogens (tertiary/aromatic N) is 2. The van der Waals surface area contributed by atoms with Gasteiger partial charge < -0.3 is 9.80 Å². The molecule has 0 radical (unpaired) electrons. The van der Waals surface area contributed by atoms with Crippen LogP contribution in [0, 0.1) is 5.92 Å². The van der Waals surface area contributed by atoms with Crippen LogP contribution in [0.2, 0.25) is 0 Å². The van der Waals surface area contributed by atoms with Gasteiger partial charge in [-0.1, -0.05) is 38.1 Å². The van der Waals surface area contributed by atoms with E-state index in [1.54, 1.807) is 5.56 Å². The predicted octanol–water partition coefficient (Wildman–Crippen LogP) is 5.11. The van der Waals surface area contributed by atoms with Crippen molar-refractivity contribution in [1.29, 1.82) is 0 Å². The summed E-state index contributed by atoms with van der Waals surface area (Å²) in [6.45, 7) is 15.8. The maximum Gasteiger partial charge on any atom is 0.00385 e. The highest BCUT2D eigenvalue weighted by Crippen LogP contribution is 2.30. The van der Waals surface area contributed by atoms with Gasteiger partial charge in [0.05, 0.1) is 0 Å². The molecule has 0 bridgehead atoms. The van der Waals surface area contributed by atoms with Crippen molar-refractivity contribution in [1.82, 2.24) is 9.80 Å². The van der Waals surface area contributed by atoms with Crippen LogP contribution < -0.4 is 0 Å². The molecule has 0 atom stereocenters. The van der Waals surface area contributed by atoms with Crippen LogP contribution in [0.15, 0.2) is 24.3 Å². The molecule has 1 aromatic rings. The molecule has 0 aliphatic carbocycles. The van der Waals surface area contributed by atoms with E-state index in [9.17, 15) is 0 Å². The molecule has 2 aliphatic rings. The van der Waals surface area contributed by atoms with Gasteiger partial charge in [-0.2, -0.15) is 0 Å². The van der Waals surface area contributed by atoms with E-state index in [1.165, 1.54) is 64.0 Å². The van der Waals surface area contributed by atoms with E-state index < -0.39 is 0 Å². The predicted molar refractivity (Wildman–Crippen MR) is 108 cm³/mol. The average molecular weight is 343 g/mol. The third kappa shape index (κ3) is 5.08. The fourth-order valence-electron chi connectivity index (χ4n) is 4.62. The van der Waals surface area contributed by atoms with Gasteiger partial charge in [-0.25, -0.2) is 0 Å². The minimum atomic E-state index is 0.637. The van der Waals surface area contributed by atoms with Gasteiger partial charge in [0.2, 0.25) is 0 Å². The molecule has 2 fully saturated rings. The summed E-state index contributed by atoms with van der Waals surface area (Å²) in [7, 11) is 0. The monoisotopic (exact) mass is 342 g/mol. The smallest absolute Gasteiger partial charge is 0.00385 e. The van der Waals surface area contributed by atoms with Crippen molar-refractivity contribution in [3.05, 3.63) is 35.4 Å². The second-order valence-electron chi connectivity index (χ2n) is 8.97. The SMILES string of the molecule is CC(C)c1ccc(C2CCN(CC3CCN(C(C)C)CC3)CC2)cc1. The van der Waals surface area contributed by atoms with Crippen LogP contribution in [-0.4, -0.2) is 48.6 Å². The highest BCUT2D eigenvalue weighted by molar-refractivity contribution is 5.27. The Labute approximate surface area is 155 Å². The molecule has 140 valence electrons. The zero-order chi connectivity index (χ0) is 17.8. The molecule has 1 aromatic carbocycles. The second kappa shape index (κ2) is 8.68. The van der Waals surface area contributed by atoms with Crippen molar-refractivity contribution >= 4 is 0 Å². The summed E-state index contributed by atoms with van der Waals surface area (Å²) in [6, 6.07) is 10.2. The molecular formula is C23H38N2. The number of likely N-dealkylation sites (tertiary alicyclic amines) is 2. The maximum absolute atomic E-state index is 2.74. The van der Waals surface area contributed by atoms with E-state index in [0.717, 1.165) is 17.9 Å². The number of piperidine rings is 2. The topological polar surface area (TPSA) is 6.48 Å². The minimum Gasteiger partial charge on any atom is -0.303 e. The lowest BCUT2D eigenvalue weighted by Gasteiger charge is -2.39. The summed E-state index contributed by atoms with van der Waals surface area (Å²) in [6.07, 6.45) is 5.47. The summed E-state index contributed by atoms with van der Waals surface area (Å²) in [5.41, 5.74) is 3.03. The number of benzene rings is 1. The number of rotatable bonds is 5. The van der Waals surface area contributed by atoms with Crippen molar-refractivity contribution in [2.75, 3.05) is 32.7 Å². The van der Waals surface area contributed by atoms with Crippen molar-refractivity contribution < 1.29 is 0 Å². The van der Waals surface area contributed by atoms with Crippen molar-refractivity contribution in [3.8, 4) is 0 Å².